The van der Waals surface area contributed by atoms with Crippen LogP contribution >= 0.6 is 0 Å². The average Bonchev–Trinajstić information content (AvgIpc) is 3.00. The minimum atomic E-state index is -1.13. The van der Waals surface area contributed by atoms with Crippen LogP contribution < -0.4 is 9.64 Å². The van der Waals surface area contributed by atoms with E-state index in [9.17, 15) is 9.59 Å². The zero-order valence-corrected chi connectivity index (χ0v) is 13.8. The second-order valence-corrected chi connectivity index (χ2v) is 6.14. The molecule has 0 aliphatic carbocycles. The van der Waals surface area contributed by atoms with Gasteiger partial charge in [-0.3, -0.25) is 9.69 Å². The zero-order chi connectivity index (χ0) is 17.4. The summed E-state index contributed by atoms with van der Waals surface area (Å²) in [4.78, 5) is 25.1. The van der Waals surface area contributed by atoms with Crippen LogP contribution in [0.25, 0.3) is 0 Å². The lowest BCUT2D eigenvalue weighted by Crippen LogP contribution is -2.44. The van der Waals surface area contributed by atoms with Gasteiger partial charge in [-0.15, -0.1) is 0 Å². The first kappa shape index (κ1) is 16.1. The number of hydrogen-bond acceptors (Lipinski definition) is 4. The molecule has 126 valence electrons. The summed E-state index contributed by atoms with van der Waals surface area (Å²) >= 11 is 0. The van der Waals surface area contributed by atoms with Gasteiger partial charge in [-0.1, -0.05) is 19.9 Å². The highest BCUT2D eigenvalue weighted by atomic mass is 16.5. The second-order valence-electron chi connectivity index (χ2n) is 6.14. The number of anilines is 1. The Morgan fingerprint density at radius 2 is 2.04 bits per heavy atom. The Kier molecular flexibility index (Phi) is 4.05. The number of aromatic carboxylic acids is 1. The molecule has 6 heteroatoms. The van der Waals surface area contributed by atoms with Crippen LogP contribution in [0.5, 0.6) is 5.75 Å². The Morgan fingerprint density at radius 3 is 2.67 bits per heavy atom. The molecule has 0 fully saturated rings. The van der Waals surface area contributed by atoms with E-state index in [4.69, 9.17) is 14.3 Å². The number of amides is 1. The molecule has 1 aliphatic heterocycles. The van der Waals surface area contributed by atoms with Gasteiger partial charge in [0.25, 0.3) is 5.91 Å². The van der Waals surface area contributed by atoms with Crippen molar-refractivity contribution in [2.24, 2.45) is 0 Å². The third-order valence-corrected chi connectivity index (χ3v) is 4.04. The number of carboxylic acids is 1. The number of carbonyl (C=O) groups excluding carboxylic acids is 1. The number of carboxylic acid groups (broad SMARTS) is 1. The molecule has 1 unspecified atom stereocenters. The first-order valence-corrected chi connectivity index (χ1v) is 7.81. The Balaban J connectivity index is 1.97. The van der Waals surface area contributed by atoms with Gasteiger partial charge < -0.3 is 14.3 Å². The first-order chi connectivity index (χ1) is 11.4. The van der Waals surface area contributed by atoms with Crippen molar-refractivity contribution in [1.29, 1.82) is 0 Å². The predicted octanol–water partition coefficient (Wildman–Crippen LogP) is 3.42. The minimum Gasteiger partial charge on any atom is -0.479 e. The molecule has 1 N–H and O–H groups in total. The van der Waals surface area contributed by atoms with E-state index in [1.807, 2.05) is 18.2 Å². The van der Waals surface area contributed by atoms with Crippen LogP contribution in [0.15, 0.2) is 34.7 Å². The SMILES string of the molecule is CC1Oc2ccc(C(C)C)cc2N(Cc2ccc(C(=O)O)o2)C1=O. The molecule has 24 heavy (non-hydrogen) atoms. The standard InChI is InChI=1S/C18H19NO5/c1-10(2)12-4-6-15-14(8-12)19(17(20)11(3)23-15)9-13-5-7-16(24-13)18(21)22/h4-8,10-11H,9H2,1-3H3,(H,21,22). The molecule has 2 heterocycles. The molecule has 1 atom stereocenters. The van der Waals surface area contributed by atoms with Crippen molar-refractivity contribution in [3.63, 3.8) is 0 Å². The van der Waals surface area contributed by atoms with Crippen LogP contribution in [0.2, 0.25) is 0 Å². The average molecular weight is 329 g/mol. The Bertz CT molecular complexity index is 792. The number of fused-ring (bicyclic) bond motifs is 1. The number of ether oxygens (including phenoxy) is 1. The highest BCUT2D eigenvalue weighted by Crippen LogP contribution is 2.37. The molecule has 0 bridgehead atoms. The number of carbonyl (C=O) groups is 2. The summed E-state index contributed by atoms with van der Waals surface area (Å²) in [6, 6.07) is 8.75. The monoisotopic (exact) mass is 329 g/mol. The smallest absolute Gasteiger partial charge is 0.371 e. The highest BCUT2D eigenvalue weighted by molar-refractivity contribution is 5.99. The summed E-state index contributed by atoms with van der Waals surface area (Å²) < 4.78 is 11.0. The summed E-state index contributed by atoms with van der Waals surface area (Å²) in [7, 11) is 0. The van der Waals surface area contributed by atoms with Crippen molar-refractivity contribution >= 4 is 17.6 Å². The maximum atomic E-state index is 12.6. The van der Waals surface area contributed by atoms with Crippen LogP contribution in [0.1, 0.15) is 48.6 Å². The molecule has 3 rings (SSSR count). The fourth-order valence-corrected chi connectivity index (χ4v) is 2.68. The Labute approximate surface area is 139 Å². The molecule has 0 saturated carbocycles. The van der Waals surface area contributed by atoms with Crippen molar-refractivity contribution in [3.05, 3.63) is 47.4 Å². The zero-order valence-electron chi connectivity index (χ0n) is 13.8. The van der Waals surface area contributed by atoms with Gasteiger partial charge in [-0.2, -0.15) is 0 Å². The summed E-state index contributed by atoms with van der Waals surface area (Å²) in [6.07, 6.45) is -0.601. The third-order valence-electron chi connectivity index (χ3n) is 4.04. The van der Waals surface area contributed by atoms with Gasteiger partial charge >= 0.3 is 5.97 Å². The van der Waals surface area contributed by atoms with E-state index in [1.165, 1.54) is 6.07 Å². The molecule has 6 nitrogen and oxygen atoms in total. The molecule has 2 aromatic rings. The lowest BCUT2D eigenvalue weighted by atomic mass is 10.0. The summed E-state index contributed by atoms with van der Waals surface area (Å²) in [5.41, 5.74) is 1.77. The molecule has 1 aliphatic rings. The van der Waals surface area contributed by atoms with Gasteiger partial charge in [0.1, 0.15) is 11.5 Å². The van der Waals surface area contributed by atoms with Gasteiger partial charge in [-0.25, -0.2) is 4.79 Å². The number of rotatable bonds is 4. The van der Waals surface area contributed by atoms with Gasteiger partial charge in [0.05, 0.1) is 12.2 Å². The maximum absolute atomic E-state index is 12.6. The van der Waals surface area contributed by atoms with Crippen LogP contribution in [0.4, 0.5) is 5.69 Å². The molecule has 0 radical (unpaired) electrons. The van der Waals surface area contributed by atoms with E-state index in [2.05, 4.69) is 13.8 Å². The van der Waals surface area contributed by atoms with E-state index < -0.39 is 12.1 Å². The van der Waals surface area contributed by atoms with Gasteiger partial charge in [-0.05, 0) is 42.7 Å². The van der Waals surface area contributed by atoms with Crippen molar-refractivity contribution < 1.29 is 23.8 Å². The van der Waals surface area contributed by atoms with Crippen molar-refractivity contribution in [2.75, 3.05) is 4.90 Å². The fraction of sp³-hybridized carbons (Fsp3) is 0.333. The van der Waals surface area contributed by atoms with Crippen molar-refractivity contribution in [1.82, 2.24) is 0 Å². The number of furan rings is 1. The highest BCUT2D eigenvalue weighted by Gasteiger charge is 2.32. The van der Waals surface area contributed by atoms with Crippen LogP contribution in [-0.4, -0.2) is 23.1 Å². The molecular formula is C18H19NO5. The van der Waals surface area contributed by atoms with Crippen molar-refractivity contribution in [2.45, 2.75) is 39.3 Å². The molecule has 1 amide bonds. The predicted molar refractivity (Wildman–Crippen MR) is 87.5 cm³/mol. The lowest BCUT2D eigenvalue weighted by Gasteiger charge is -2.33. The van der Waals surface area contributed by atoms with E-state index in [0.29, 0.717) is 23.1 Å². The Hall–Kier alpha value is -2.76. The van der Waals surface area contributed by atoms with E-state index in [-0.39, 0.29) is 18.2 Å². The van der Waals surface area contributed by atoms with E-state index >= 15 is 0 Å². The number of hydrogen-bond donors (Lipinski definition) is 1. The van der Waals surface area contributed by atoms with Gasteiger partial charge in [0, 0.05) is 0 Å². The summed E-state index contributed by atoms with van der Waals surface area (Å²) in [6.45, 7) is 6.01. The van der Waals surface area contributed by atoms with Crippen molar-refractivity contribution in [3.8, 4) is 5.75 Å². The normalized spacial score (nSPS) is 16.9. The minimum absolute atomic E-state index is 0.144. The fourth-order valence-electron chi connectivity index (χ4n) is 2.68. The second kappa shape index (κ2) is 6.03. The molecule has 1 aromatic heterocycles. The molecule has 1 aromatic carbocycles. The van der Waals surface area contributed by atoms with Crippen LogP contribution in [0.3, 0.4) is 0 Å². The maximum Gasteiger partial charge on any atom is 0.371 e. The molecule has 0 spiro atoms. The topological polar surface area (TPSA) is 80.0 Å². The summed E-state index contributed by atoms with van der Waals surface area (Å²) in [5, 5.41) is 8.96. The van der Waals surface area contributed by atoms with E-state index in [1.54, 1.807) is 17.9 Å². The number of benzene rings is 1. The Morgan fingerprint density at radius 1 is 1.29 bits per heavy atom. The molecular weight excluding hydrogens is 310 g/mol. The number of nitrogens with zero attached hydrogens (tertiary/aromatic N) is 1. The lowest BCUT2D eigenvalue weighted by molar-refractivity contribution is -0.125. The van der Waals surface area contributed by atoms with Gasteiger partial charge in [0.15, 0.2) is 6.10 Å². The van der Waals surface area contributed by atoms with Crippen LogP contribution in [-0.2, 0) is 11.3 Å². The van der Waals surface area contributed by atoms with Crippen LogP contribution in [0, 0.1) is 0 Å². The molecule has 0 saturated heterocycles. The third kappa shape index (κ3) is 2.87. The quantitative estimate of drug-likeness (QED) is 0.929. The van der Waals surface area contributed by atoms with E-state index in [0.717, 1.165) is 5.56 Å². The largest absolute Gasteiger partial charge is 0.479 e. The summed E-state index contributed by atoms with van der Waals surface area (Å²) in [5.74, 6) is -0.0990. The van der Waals surface area contributed by atoms with Gasteiger partial charge in [0.2, 0.25) is 5.76 Å². The first-order valence-electron chi connectivity index (χ1n) is 7.81.